The number of sulfonamides is 1. The Morgan fingerprint density at radius 1 is 1.25 bits per heavy atom. The molecule has 0 unspecified atom stereocenters. The summed E-state index contributed by atoms with van der Waals surface area (Å²) in [5.74, 6) is -0.533. The van der Waals surface area contributed by atoms with E-state index in [-0.39, 0.29) is 10.9 Å². The summed E-state index contributed by atoms with van der Waals surface area (Å²) in [5, 5.41) is 0. The lowest BCUT2D eigenvalue weighted by Gasteiger charge is -2.12. The van der Waals surface area contributed by atoms with Crippen LogP contribution in [0.25, 0.3) is 0 Å². The van der Waals surface area contributed by atoms with Crippen LogP contribution in [-0.4, -0.2) is 14.5 Å². The van der Waals surface area contributed by atoms with Gasteiger partial charge < -0.3 is 0 Å². The van der Waals surface area contributed by atoms with Crippen LogP contribution in [0.3, 0.4) is 0 Å². The molecule has 1 aliphatic rings. The van der Waals surface area contributed by atoms with Crippen molar-refractivity contribution >= 4 is 10.0 Å². The molecule has 1 N–H and O–H groups in total. The van der Waals surface area contributed by atoms with Crippen LogP contribution in [0.1, 0.15) is 25.7 Å². The first-order valence-corrected chi connectivity index (χ1v) is 6.84. The Labute approximate surface area is 94.7 Å². The van der Waals surface area contributed by atoms with Gasteiger partial charge in [-0.15, -0.1) is 0 Å². The van der Waals surface area contributed by atoms with Gasteiger partial charge in [-0.2, -0.15) is 0 Å². The Hall–Kier alpha value is -0.940. The van der Waals surface area contributed by atoms with Crippen molar-refractivity contribution < 1.29 is 12.8 Å². The first kappa shape index (κ1) is 11.5. The topological polar surface area (TPSA) is 46.2 Å². The molecule has 1 fully saturated rings. The van der Waals surface area contributed by atoms with E-state index >= 15 is 0 Å². The van der Waals surface area contributed by atoms with Crippen LogP contribution in [0, 0.1) is 5.82 Å². The Kier molecular flexibility index (Phi) is 3.25. The van der Waals surface area contributed by atoms with Gasteiger partial charge in [0.05, 0.1) is 4.90 Å². The van der Waals surface area contributed by atoms with E-state index < -0.39 is 15.8 Å². The van der Waals surface area contributed by atoms with Gasteiger partial charge in [-0.3, -0.25) is 0 Å². The maximum atomic E-state index is 12.9. The van der Waals surface area contributed by atoms with E-state index in [0.717, 1.165) is 31.7 Å². The van der Waals surface area contributed by atoms with Gasteiger partial charge in [-0.05, 0) is 31.0 Å². The average Bonchev–Trinajstić information content (AvgIpc) is 2.70. The molecule has 0 aliphatic heterocycles. The minimum Gasteiger partial charge on any atom is -0.208 e. The molecular weight excluding hydrogens is 229 g/mol. The third kappa shape index (κ3) is 2.59. The highest BCUT2D eigenvalue weighted by atomic mass is 32.2. The molecule has 1 aromatic carbocycles. The van der Waals surface area contributed by atoms with Crippen molar-refractivity contribution in [1.29, 1.82) is 0 Å². The summed E-state index contributed by atoms with van der Waals surface area (Å²) in [4.78, 5) is -0.000556. The second kappa shape index (κ2) is 4.51. The second-order valence-corrected chi connectivity index (χ2v) is 5.77. The van der Waals surface area contributed by atoms with E-state index in [1.54, 1.807) is 0 Å². The molecule has 1 saturated carbocycles. The molecular formula is C11H14FNO2S. The van der Waals surface area contributed by atoms with Crippen LogP contribution in [-0.2, 0) is 10.0 Å². The SMILES string of the molecule is O=S(=O)(NC1CCCC1)c1cccc(F)c1. The van der Waals surface area contributed by atoms with Crippen molar-refractivity contribution in [3.63, 3.8) is 0 Å². The summed E-state index contributed by atoms with van der Waals surface area (Å²) in [5.41, 5.74) is 0. The summed E-state index contributed by atoms with van der Waals surface area (Å²) in [6.45, 7) is 0. The molecule has 0 amide bonds. The van der Waals surface area contributed by atoms with Gasteiger partial charge in [0, 0.05) is 6.04 Å². The quantitative estimate of drug-likeness (QED) is 0.883. The molecule has 0 atom stereocenters. The maximum Gasteiger partial charge on any atom is 0.240 e. The van der Waals surface area contributed by atoms with Crippen molar-refractivity contribution in [2.75, 3.05) is 0 Å². The van der Waals surface area contributed by atoms with Gasteiger partial charge >= 0.3 is 0 Å². The molecule has 0 bridgehead atoms. The van der Waals surface area contributed by atoms with Crippen LogP contribution in [0.5, 0.6) is 0 Å². The zero-order valence-corrected chi connectivity index (χ0v) is 9.63. The summed E-state index contributed by atoms with van der Waals surface area (Å²) < 4.78 is 39.2. The molecule has 88 valence electrons. The zero-order chi connectivity index (χ0) is 11.6. The lowest BCUT2D eigenvalue weighted by atomic mass is 10.3. The van der Waals surface area contributed by atoms with Crippen LogP contribution < -0.4 is 4.72 Å². The molecule has 3 nitrogen and oxygen atoms in total. The van der Waals surface area contributed by atoms with Crippen LogP contribution in [0.4, 0.5) is 4.39 Å². The monoisotopic (exact) mass is 243 g/mol. The number of hydrogen-bond acceptors (Lipinski definition) is 2. The molecule has 1 aliphatic carbocycles. The minimum absolute atomic E-state index is 0.000556. The molecule has 0 spiro atoms. The van der Waals surface area contributed by atoms with E-state index in [9.17, 15) is 12.8 Å². The summed E-state index contributed by atoms with van der Waals surface area (Å²) >= 11 is 0. The highest BCUT2D eigenvalue weighted by Crippen LogP contribution is 2.20. The fraction of sp³-hybridized carbons (Fsp3) is 0.455. The molecule has 0 saturated heterocycles. The van der Waals surface area contributed by atoms with Gasteiger partial charge in [-0.25, -0.2) is 17.5 Å². The smallest absolute Gasteiger partial charge is 0.208 e. The van der Waals surface area contributed by atoms with E-state index in [4.69, 9.17) is 0 Å². The molecule has 0 heterocycles. The Balaban J connectivity index is 2.18. The van der Waals surface area contributed by atoms with E-state index in [1.165, 1.54) is 18.2 Å². The number of nitrogens with one attached hydrogen (secondary N) is 1. The number of rotatable bonds is 3. The molecule has 1 aromatic rings. The third-order valence-electron chi connectivity index (χ3n) is 2.78. The second-order valence-electron chi connectivity index (χ2n) is 4.06. The van der Waals surface area contributed by atoms with Crippen molar-refractivity contribution in [3.8, 4) is 0 Å². The molecule has 0 radical (unpaired) electrons. The summed E-state index contributed by atoms with van der Waals surface area (Å²) in [6.07, 6.45) is 3.84. The highest BCUT2D eigenvalue weighted by molar-refractivity contribution is 7.89. The van der Waals surface area contributed by atoms with Crippen LogP contribution in [0.2, 0.25) is 0 Å². The Morgan fingerprint density at radius 2 is 1.94 bits per heavy atom. The Morgan fingerprint density at radius 3 is 2.56 bits per heavy atom. The van der Waals surface area contributed by atoms with E-state index in [1.807, 2.05) is 0 Å². The fourth-order valence-electron chi connectivity index (χ4n) is 1.97. The standard InChI is InChI=1S/C11H14FNO2S/c12-9-4-3-7-11(8-9)16(14,15)13-10-5-1-2-6-10/h3-4,7-8,10,13H,1-2,5-6H2. The first-order chi connectivity index (χ1) is 7.58. The predicted octanol–water partition coefficient (Wildman–Crippen LogP) is 2.05. The minimum atomic E-state index is -3.56. The normalized spacial score (nSPS) is 17.8. The largest absolute Gasteiger partial charge is 0.240 e. The van der Waals surface area contributed by atoms with Crippen LogP contribution >= 0.6 is 0 Å². The van der Waals surface area contributed by atoms with Crippen molar-refractivity contribution in [1.82, 2.24) is 4.72 Å². The molecule has 5 heteroatoms. The zero-order valence-electron chi connectivity index (χ0n) is 8.82. The highest BCUT2D eigenvalue weighted by Gasteiger charge is 2.22. The number of benzene rings is 1. The average molecular weight is 243 g/mol. The molecule has 0 aromatic heterocycles. The first-order valence-electron chi connectivity index (χ1n) is 5.36. The summed E-state index contributed by atoms with van der Waals surface area (Å²) in [6, 6.07) is 5.08. The van der Waals surface area contributed by atoms with Crippen molar-refractivity contribution in [2.45, 2.75) is 36.6 Å². The van der Waals surface area contributed by atoms with E-state index in [0.29, 0.717) is 0 Å². The predicted molar refractivity (Wildman–Crippen MR) is 59.0 cm³/mol. The van der Waals surface area contributed by atoms with Crippen molar-refractivity contribution in [2.24, 2.45) is 0 Å². The maximum absolute atomic E-state index is 12.9. The lowest BCUT2D eigenvalue weighted by molar-refractivity contribution is 0.550. The van der Waals surface area contributed by atoms with Gasteiger partial charge in [-0.1, -0.05) is 18.9 Å². The molecule has 2 rings (SSSR count). The van der Waals surface area contributed by atoms with Crippen LogP contribution in [0.15, 0.2) is 29.2 Å². The van der Waals surface area contributed by atoms with Gasteiger partial charge in [0.15, 0.2) is 0 Å². The fourth-order valence-corrected chi connectivity index (χ4v) is 3.30. The van der Waals surface area contributed by atoms with Gasteiger partial charge in [0.25, 0.3) is 0 Å². The van der Waals surface area contributed by atoms with E-state index in [2.05, 4.69) is 4.72 Å². The molecule has 16 heavy (non-hydrogen) atoms. The van der Waals surface area contributed by atoms with Crippen molar-refractivity contribution in [3.05, 3.63) is 30.1 Å². The lowest BCUT2D eigenvalue weighted by Crippen LogP contribution is -2.32. The van der Waals surface area contributed by atoms with Gasteiger partial charge in [0.1, 0.15) is 5.82 Å². The third-order valence-corrected chi connectivity index (χ3v) is 4.30. The Bertz CT molecular complexity index is 467. The number of halogens is 1. The summed E-state index contributed by atoms with van der Waals surface area (Å²) in [7, 11) is -3.56. The van der Waals surface area contributed by atoms with Gasteiger partial charge in [0.2, 0.25) is 10.0 Å². The number of hydrogen-bond donors (Lipinski definition) is 1.